The Morgan fingerprint density at radius 1 is 0.935 bits per heavy atom. The highest BCUT2D eigenvalue weighted by atomic mass is 16.8. The first-order valence-electron chi connectivity index (χ1n) is 10.3. The minimum absolute atomic E-state index is 0.792. The number of carbonyl (C=O) groups excluding carboxylic acids is 3. The summed E-state index contributed by atoms with van der Waals surface area (Å²) in [6, 6.07) is 0. The van der Waals surface area contributed by atoms with Gasteiger partial charge in [0.15, 0.2) is 17.8 Å². The van der Waals surface area contributed by atoms with E-state index in [0.29, 0.717) is 0 Å². The first-order chi connectivity index (χ1) is 14.3. The lowest BCUT2D eigenvalue weighted by Gasteiger charge is -2.47. The van der Waals surface area contributed by atoms with Gasteiger partial charge in [0, 0.05) is 5.92 Å². The van der Waals surface area contributed by atoms with Crippen molar-refractivity contribution < 1.29 is 53.8 Å². The third kappa shape index (κ3) is 1.43. The van der Waals surface area contributed by atoms with Crippen molar-refractivity contribution in [2.45, 2.75) is 75.7 Å². The molecule has 0 aromatic rings. The first-order valence-corrected chi connectivity index (χ1v) is 10.3. The minimum Gasteiger partial charge on any atom is -0.456 e. The van der Waals surface area contributed by atoms with E-state index in [9.17, 15) is 34.8 Å². The van der Waals surface area contributed by atoms with Crippen LogP contribution in [0.15, 0.2) is 0 Å². The van der Waals surface area contributed by atoms with Crippen molar-refractivity contribution in [2.75, 3.05) is 0 Å². The third-order valence-electron chi connectivity index (χ3n) is 8.95. The number of carbonyl (C=O) groups is 3. The van der Waals surface area contributed by atoms with Gasteiger partial charge in [-0.1, -0.05) is 20.8 Å². The van der Waals surface area contributed by atoms with Crippen LogP contribution in [0.1, 0.15) is 27.7 Å². The van der Waals surface area contributed by atoms with Gasteiger partial charge in [-0.05, 0) is 12.3 Å². The second-order valence-electron chi connectivity index (χ2n) is 10.8. The van der Waals surface area contributed by atoms with Gasteiger partial charge in [-0.3, -0.25) is 4.79 Å². The van der Waals surface area contributed by atoms with Gasteiger partial charge in [0.05, 0.1) is 22.9 Å². The molecular formula is C20H24O11. The van der Waals surface area contributed by atoms with Crippen LogP contribution in [0.25, 0.3) is 0 Å². The predicted octanol–water partition coefficient (Wildman–Crippen LogP) is -2.40. The number of ether oxygens (including phenoxy) is 4. The molecule has 12 atom stereocenters. The Morgan fingerprint density at radius 2 is 1.58 bits per heavy atom. The fraction of sp³-hybridized carbons (Fsp3) is 0.850. The van der Waals surface area contributed by atoms with Crippen LogP contribution in [-0.2, 0) is 33.3 Å². The summed E-state index contributed by atoms with van der Waals surface area (Å²) in [6.07, 6.45) is -9.69. The number of esters is 3. The first kappa shape index (κ1) is 19.9. The van der Waals surface area contributed by atoms with E-state index in [0.717, 1.165) is 0 Å². The molecule has 6 rings (SSSR count). The highest BCUT2D eigenvalue weighted by Crippen LogP contribution is 2.84. The van der Waals surface area contributed by atoms with Crippen molar-refractivity contribution in [2.24, 2.45) is 28.1 Å². The van der Waals surface area contributed by atoms with Crippen molar-refractivity contribution in [1.82, 2.24) is 0 Å². The molecule has 170 valence electrons. The maximum absolute atomic E-state index is 13.4. The molecule has 6 fully saturated rings. The summed E-state index contributed by atoms with van der Waals surface area (Å²) in [4.78, 5) is 38.3. The Labute approximate surface area is 176 Å². The molecule has 4 saturated heterocycles. The maximum atomic E-state index is 13.4. The smallest absolute Gasteiger partial charge is 0.343 e. The average Bonchev–Trinajstić information content (AvgIpc) is 3.35. The van der Waals surface area contributed by atoms with Crippen LogP contribution in [-0.4, -0.2) is 86.3 Å². The van der Waals surface area contributed by atoms with Gasteiger partial charge < -0.3 is 39.4 Å². The van der Waals surface area contributed by atoms with Gasteiger partial charge in [0.25, 0.3) is 0 Å². The van der Waals surface area contributed by atoms with Gasteiger partial charge >= 0.3 is 17.9 Å². The Morgan fingerprint density at radius 3 is 2.19 bits per heavy atom. The number of aliphatic hydroxyl groups is 4. The SMILES string of the molecule is C[C@@H]1C(=O)OC2C(O)C34C5OC(=O)[C@]3(O[C@H]3OC(=O)[C@H](O)C34C(C(C)(C)C)[C@H]5O)[C@]21O. The molecular weight excluding hydrogens is 416 g/mol. The molecule has 0 aromatic carbocycles. The van der Waals surface area contributed by atoms with Gasteiger partial charge in [-0.15, -0.1) is 0 Å². The largest absolute Gasteiger partial charge is 0.456 e. The van der Waals surface area contributed by atoms with E-state index in [1.807, 2.05) is 0 Å². The molecule has 0 radical (unpaired) electrons. The Bertz CT molecular complexity index is 957. The zero-order chi connectivity index (χ0) is 22.7. The molecule has 0 bridgehead atoms. The molecule has 4 N–H and O–H groups in total. The number of hydrogen-bond acceptors (Lipinski definition) is 11. The zero-order valence-electron chi connectivity index (χ0n) is 17.3. The van der Waals surface area contributed by atoms with Crippen LogP contribution >= 0.6 is 0 Å². The molecule has 11 nitrogen and oxygen atoms in total. The number of aliphatic hydroxyl groups excluding tert-OH is 3. The van der Waals surface area contributed by atoms with Crippen molar-refractivity contribution in [3.05, 3.63) is 0 Å². The van der Waals surface area contributed by atoms with E-state index in [4.69, 9.17) is 18.9 Å². The van der Waals surface area contributed by atoms with E-state index in [1.165, 1.54) is 6.92 Å². The summed E-state index contributed by atoms with van der Waals surface area (Å²) in [7, 11) is 0. The van der Waals surface area contributed by atoms with Gasteiger partial charge in [-0.2, -0.15) is 0 Å². The molecule has 2 aliphatic carbocycles. The molecule has 11 heteroatoms. The molecule has 6 unspecified atom stereocenters. The molecule has 2 spiro atoms. The number of rotatable bonds is 0. The van der Waals surface area contributed by atoms with Crippen LogP contribution in [0.5, 0.6) is 0 Å². The van der Waals surface area contributed by atoms with Crippen LogP contribution in [0, 0.1) is 28.1 Å². The molecule has 2 saturated carbocycles. The van der Waals surface area contributed by atoms with Crippen LogP contribution in [0.2, 0.25) is 0 Å². The second kappa shape index (κ2) is 4.91. The van der Waals surface area contributed by atoms with Crippen molar-refractivity contribution in [3.63, 3.8) is 0 Å². The summed E-state index contributed by atoms with van der Waals surface area (Å²) >= 11 is 0. The predicted molar refractivity (Wildman–Crippen MR) is 93.4 cm³/mol. The van der Waals surface area contributed by atoms with E-state index in [1.54, 1.807) is 20.8 Å². The van der Waals surface area contributed by atoms with E-state index < -0.39 is 94.0 Å². The van der Waals surface area contributed by atoms with E-state index >= 15 is 0 Å². The topological polar surface area (TPSA) is 169 Å². The normalized spacial score (nSPS) is 61.0. The van der Waals surface area contributed by atoms with Crippen molar-refractivity contribution in [3.8, 4) is 0 Å². The van der Waals surface area contributed by atoms with Crippen molar-refractivity contribution in [1.29, 1.82) is 0 Å². The zero-order valence-corrected chi connectivity index (χ0v) is 17.3. The van der Waals surface area contributed by atoms with Crippen LogP contribution in [0.4, 0.5) is 0 Å². The van der Waals surface area contributed by atoms with Crippen molar-refractivity contribution >= 4 is 17.9 Å². The van der Waals surface area contributed by atoms with Crippen LogP contribution < -0.4 is 0 Å². The van der Waals surface area contributed by atoms with Gasteiger partial charge in [-0.25, -0.2) is 9.59 Å². The Hall–Kier alpha value is -1.79. The number of fused-ring (bicyclic) bond motifs is 1. The van der Waals surface area contributed by atoms with Gasteiger partial charge in [0.2, 0.25) is 11.9 Å². The quantitative estimate of drug-likeness (QED) is 0.234. The fourth-order valence-electron chi connectivity index (χ4n) is 8.27. The summed E-state index contributed by atoms with van der Waals surface area (Å²) in [5.74, 6) is -5.22. The Balaban J connectivity index is 1.75. The monoisotopic (exact) mass is 440 g/mol. The molecule has 4 heterocycles. The molecule has 4 aliphatic heterocycles. The lowest BCUT2D eigenvalue weighted by molar-refractivity contribution is -0.240. The standard InChI is InChI=1S/C20H24O11/c1-5-12(24)28-11-8(22)18-10-6(21)7(16(2,3)4)17(18)9(23)13(25)30-15(17)31-20(18,14(26)29-10)19(5,11)27/h5-11,15,21-23,27H,1-4H3/t5-,6-,7?,8?,9+,10?,11?,15-,17?,18?,19-,20-/m1/s1. The maximum Gasteiger partial charge on any atom is 0.343 e. The fourth-order valence-corrected chi connectivity index (χ4v) is 8.27. The summed E-state index contributed by atoms with van der Waals surface area (Å²) in [5.41, 5.74) is -9.40. The lowest BCUT2D eigenvalue weighted by atomic mass is 9.51. The van der Waals surface area contributed by atoms with Gasteiger partial charge in [0.1, 0.15) is 12.2 Å². The molecule has 31 heavy (non-hydrogen) atoms. The second-order valence-corrected chi connectivity index (χ2v) is 10.8. The minimum atomic E-state index is -2.40. The van der Waals surface area contributed by atoms with E-state index in [-0.39, 0.29) is 0 Å². The highest BCUT2D eigenvalue weighted by Gasteiger charge is 3.05. The average molecular weight is 440 g/mol. The molecule has 0 amide bonds. The highest BCUT2D eigenvalue weighted by molar-refractivity contribution is 5.94. The summed E-state index contributed by atoms with van der Waals surface area (Å²) < 4.78 is 22.2. The van der Waals surface area contributed by atoms with E-state index in [2.05, 4.69) is 0 Å². The van der Waals surface area contributed by atoms with Crippen LogP contribution in [0.3, 0.4) is 0 Å². The number of hydrogen-bond donors (Lipinski definition) is 4. The Kier molecular flexibility index (Phi) is 3.15. The molecule has 0 aromatic heterocycles. The third-order valence-corrected chi connectivity index (χ3v) is 8.95. The lowest BCUT2D eigenvalue weighted by Crippen LogP contribution is -2.67. The molecule has 6 aliphatic rings. The summed E-state index contributed by atoms with van der Waals surface area (Å²) in [6.45, 7) is 6.63. The summed E-state index contributed by atoms with van der Waals surface area (Å²) in [5, 5.41) is 46.1.